The van der Waals surface area contributed by atoms with Gasteiger partial charge in [0, 0.05) is 5.56 Å². The van der Waals surface area contributed by atoms with E-state index < -0.39 is 11.6 Å². The summed E-state index contributed by atoms with van der Waals surface area (Å²) in [4.78, 5) is 0. The normalized spacial score (nSPS) is 18.1. The zero-order valence-electron chi connectivity index (χ0n) is 20.2. The van der Waals surface area contributed by atoms with Crippen LogP contribution >= 0.6 is 0 Å². The zero-order valence-corrected chi connectivity index (χ0v) is 20.2. The van der Waals surface area contributed by atoms with Crippen LogP contribution < -0.4 is 9.47 Å². The monoisotopic (exact) mass is 480 g/mol. The summed E-state index contributed by atoms with van der Waals surface area (Å²) >= 11 is 0. The molecule has 1 aliphatic carbocycles. The lowest BCUT2D eigenvalue weighted by molar-refractivity contribution is 0.192. The summed E-state index contributed by atoms with van der Waals surface area (Å²) in [7, 11) is 0. The minimum absolute atomic E-state index is 0.0625. The number of rotatable bonds is 8. The van der Waals surface area contributed by atoms with Crippen molar-refractivity contribution in [1.29, 1.82) is 0 Å². The molecule has 0 atom stereocenters. The standard InChI is InChI=1S/C30H31F3O2/c1-3-5-20-6-12-23(13-7-20)25-15-17-28(30(33)29(25)32)35-19-21-8-10-22(11-9-21)24-14-16-27(34-4-2)26(31)18-24/h3,5-7,12-18,21-22H,4,8-11,19H2,1-2H3. The fourth-order valence-electron chi connectivity index (χ4n) is 4.75. The second kappa shape index (κ2) is 11.5. The molecule has 3 aromatic carbocycles. The van der Waals surface area contributed by atoms with Gasteiger partial charge in [0.15, 0.2) is 23.1 Å². The van der Waals surface area contributed by atoms with Gasteiger partial charge in [-0.25, -0.2) is 8.78 Å². The number of ether oxygens (including phenoxy) is 2. The molecule has 1 aliphatic rings. The lowest BCUT2D eigenvalue weighted by Crippen LogP contribution is -2.19. The molecule has 1 fully saturated rings. The minimum Gasteiger partial charge on any atom is -0.491 e. The summed E-state index contributed by atoms with van der Waals surface area (Å²) in [5.74, 6) is -1.44. The molecule has 2 nitrogen and oxygen atoms in total. The molecule has 0 saturated heterocycles. The highest BCUT2D eigenvalue weighted by Gasteiger charge is 2.24. The van der Waals surface area contributed by atoms with Gasteiger partial charge >= 0.3 is 0 Å². The molecule has 0 N–H and O–H groups in total. The number of hydrogen-bond donors (Lipinski definition) is 0. The topological polar surface area (TPSA) is 18.5 Å². The summed E-state index contributed by atoms with van der Waals surface area (Å²) in [6, 6.07) is 15.6. The maximum Gasteiger partial charge on any atom is 0.201 e. The van der Waals surface area contributed by atoms with Crippen molar-refractivity contribution in [1.82, 2.24) is 0 Å². The van der Waals surface area contributed by atoms with Gasteiger partial charge in [-0.2, -0.15) is 4.39 Å². The lowest BCUT2D eigenvalue weighted by atomic mass is 9.79. The number of halogens is 3. The summed E-state index contributed by atoms with van der Waals surface area (Å²) in [6.45, 7) is 4.52. The molecule has 0 amide bonds. The van der Waals surface area contributed by atoms with Crippen LogP contribution in [0.4, 0.5) is 13.2 Å². The first-order valence-corrected chi connectivity index (χ1v) is 12.3. The molecule has 0 heterocycles. The highest BCUT2D eigenvalue weighted by molar-refractivity contribution is 5.67. The average molecular weight is 481 g/mol. The lowest BCUT2D eigenvalue weighted by Gasteiger charge is -2.29. The summed E-state index contributed by atoms with van der Waals surface area (Å²) in [6.07, 6.45) is 7.46. The van der Waals surface area contributed by atoms with Crippen LogP contribution in [0.3, 0.4) is 0 Å². The first kappa shape index (κ1) is 24.9. The van der Waals surface area contributed by atoms with Crippen LogP contribution in [0.15, 0.2) is 60.7 Å². The molecule has 4 rings (SSSR count). The first-order valence-electron chi connectivity index (χ1n) is 12.3. The maximum atomic E-state index is 14.8. The Hall–Kier alpha value is -3.21. The van der Waals surface area contributed by atoms with Crippen LogP contribution in [0.1, 0.15) is 56.6 Å². The van der Waals surface area contributed by atoms with Crippen molar-refractivity contribution in [3.8, 4) is 22.6 Å². The predicted molar refractivity (Wildman–Crippen MR) is 134 cm³/mol. The average Bonchev–Trinajstić information content (AvgIpc) is 2.87. The van der Waals surface area contributed by atoms with Crippen molar-refractivity contribution in [2.75, 3.05) is 13.2 Å². The molecule has 184 valence electrons. The van der Waals surface area contributed by atoms with Crippen LogP contribution in [0.5, 0.6) is 11.5 Å². The van der Waals surface area contributed by atoms with E-state index in [-0.39, 0.29) is 34.7 Å². The van der Waals surface area contributed by atoms with E-state index in [0.717, 1.165) is 36.8 Å². The van der Waals surface area contributed by atoms with Gasteiger partial charge in [-0.1, -0.05) is 42.5 Å². The molecule has 0 radical (unpaired) electrons. The summed E-state index contributed by atoms with van der Waals surface area (Å²) in [5, 5.41) is 0. The van der Waals surface area contributed by atoms with Gasteiger partial charge in [0.1, 0.15) is 0 Å². The Labute approximate surface area is 205 Å². The Morgan fingerprint density at radius 3 is 2.20 bits per heavy atom. The fraction of sp³-hybridized carbons (Fsp3) is 0.333. The molecule has 5 heteroatoms. The molecular weight excluding hydrogens is 449 g/mol. The Bertz CT molecular complexity index is 1160. The van der Waals surface area contributed by atoms with E-state index in [9.17, 15) is 13.2 Å². The predicted octanol–water partition coefficient (Wildman–Crippen LogP) is 8.56. The number of hydrogen-bond acceptors (Lipinski definition) is 2. The Kier molecular flexibility index (Phi) is 8.17. The van der Waals surface area contributed by atoms with Crippen molar-refractivity contribution in [3.63, 3.8) is 0 Å². The minimum atomic E-state index is -0.960. The van der Waals surface area contributed by atoms with Gasteiger partial charge in [-0.05, 0) is 92.3 Å². The van der Waals surface area contributed by atoms with Crippen LogP contribution in [0, 0.1) is 23.4 Å². The quantitative estimate of drug-likeness (QED) is 0.322. The van der Waals surface area contributed by atoms with Crippen molar-refractivity contribution in [2.24, 2.45) is 5.92 Å². The molecule has 0 spiro atoms. The molecule has 1 saturated carbocycles. The third-order valence-corrected chi connectivity index (χ3v) is 6.68. The second-order valence-electron chi connectivity index (χ2n) is 9.01. The summed E-state index contributed by atoms with van der Waals surface area (Å²) in [5.41, 5.74) is 2.81. The van der Waals surface area contributed by atoms with Gasteiger partial charge in [0.2, 0.25) is 5.82 Å². The van der Waals surface area contributed by atoms with Crippen LogP contribution in [-0.4, -0.2) is 13.2 Å². The smallest absolute Gasteiger partial charge is 0.201 e. The first-order chi connectivity index (χ1) is 17.0. The van der Waals surface area contributed by atoms with Crippen molar-refractivity contribution < 1.29 is 22.6 Å². The van der Waals surface area contributed by atoms with E-state index >= 15 is 0 Å². The largest absolute Gasteiger partial charge is 0.491 e. The van der Waals surface area contributed by atoms with E-state index in [1.54, 1.807) is 30.3 Å². The highest BCUT2D eigenvalue weighted by atomic mass is 19.2. The van der Waals surface area contributed by atoms with Crippen molar-refractivity contribution in [2.45, 2.75) is 45.4 Å². The fourth-order valence-corrected chi connectivity index (χ4v) is 4.75. The molecule has 35 heavy (non-hydrogen) atoms. The molecular formula is C30H31F3O2. The van der Waals surface area contributed by atoms with Crippen molar-refractivity contribution in [3.05, 3.63) is 89.3 Å². The van der Waals surface area contributed by atoms with Gasteiger partial charge < -0.3 is 9.47 Å². The van der Waals surface area contributed by atoms with E-state index in [1.807, 2.05) is 44.2 Å². The Balaban J connectivity index is 1.34. The zero-order chi connectivity index (χ0) is 24.8. The molecule has 3 aromatic rings. The van der Waals surface area contributed by atoms with Gasteiger partial charge in [-0.15, -0.1) is 0 Å². The van der Waals surface area contributed by atoms with Crippen molar-refractivity contribution >= 4 is 6.08 Å². The maximum absolute atomic E-state index is 14.8. The molecule has 0 unspecified atom stereocenters. The van der Waals surface area contributed by atoms with E-state index in [1.165, 1.54) is 6.07 Å². The van der Waals surface area contributed by atoms with E-state index in [2.05, 4.69) is 0 Å². The SMILES string of the molecule is CC=Cc1ccc(-c2ccc(OCC3CCC(c4ccc(OCC)c(F)c4)CC3)c(F)c2F)cc1. The highest BCUT2D eigenvalue weighted by Crippen LogP contribution is 2.38. The Morgan fingerprint density at radius 1 is 0.829 bits per heavy atom. The third-order valence-electron chi connectivity index (χ3n) is 6.68. The summed E-state index contributed by atoms with van der Waals surface area (Å²) < 4.78 is 54.8. The van der Waals surface area contributed by atoms with Gasteiger partial charge in [0.05, 0.1) is 13.2 Å². The van der Waals surface area contributed by atoms with Crippen LogP contribution in [0.2, 0.25) is 0 Å². The van der Waals surface area contributed by atoms with Gasteiger partial charge in [0.25, 0.3) is 0 Å². The number of benzene rings is 3. The third kappa shape index (κ3) is 5.90. The van der Waals surface area contributed by atoms with E-state index in [0.29, 0.717) is 18.8 Å². The molecule has 0 bridgehead atoms. The molecule has 0 aliphatic heterocycles. The Morgan fingerprint density at radius 2 is 1.54 bits per heavy atom. The number of allylic oxidation sites excluding steroid dienone is 1. The van der Waals surface area contributed by atoms with Crippen LogP contribution in [-0.2, 0) is 0 Å². The van der Waals surface area contributed by atoms with Gasteiger partial charge in [-0.3, -0.25) is 0 Å². The van der Waals surface area contributed by atoms with E-state index in [4.69, 9.17) is 9.47 Å². The molecule has 0 aromatic heterocycles. The second-order valence-corrected chi connectivity index (χ2v) is 9.01. The van der Waals surface area contributed by atoms with Crippen LogP contribution in [0.25, 0.3) is 17.2 Å².